The summed E-state index contributed by atoms with van der Waals surface area (Å²) in [5.41, 5.74) is -2.40. The van der Waals surface area contributed by atoms with Crippen molar-refractivity contribution in [3.63, 3.8) is 0 Å². The molecular formula is C18H19F3N2O4. The standard InChI is InChI=1S/C18H19F3N2O4/c1-11-3-6-15(27-11)17(25,18(19,20)21)10-16(24)22-12-4-5-14-13(9-12)23(2)7-8-26-14/h3-6,9,25H,7-8,10H2,1-2H3,(H,22,24). The Hall–Kier alpha value is -2.68. The van der Waals surface area contributed by atoms with Gasteiger partial charge in [0, 0.05) is 12.7 Å². The predicted molar refractivity (Wildman–Crippen MR) is 91.9 cm³/mol. The number of fused-ring (bicyclic) bond motifs is 1. The van der Waals surface area contributed by atoms with E-state index in [-0.39, 0.29) is 5.76 Å². The molecule has 0 saturated heterocycles. The zero-order chi connectivity index (χ0) is 19.8. The van der Waals surface area contributed by atoms with Gasteiger partial charge in [-0.05, 0) is 37.3 Å². The summed E-state index contributed by atoms with van der Waals surface area (Å²) < 4.78 is 50.8. The predicted octanol–water partition coefficient (Wildman–Crippen LogP) is 3.20. The molecule has 1 aliphatic heterocycles. The lowest BCUT2D eigenvalue weighted by atomic mass is 9.95. The number of likely N-dealkylation sites (N-methyl/N-ethyl adjacent to an activating group) is 1. The van der Waals surface area contributed by atoms with Crippen LogP contribution in [0.2, 0.25) is 0 Å². The maximum absolute atomic E-state index is 13.5. The number of aliphatic hydroxyl groups is 1. The van der Waals surface area contributed by atoms with E-state index < -0.39 is 29.9 Å². The van der Waals surface area contributed by atoms with E-state index in [9.17, 15) is 23.1 Å². The van der Waals surface area contributed by atoms with Gasteiger partial charge in [0.2, 0.25) is 11.5 Å². The van der Waals surface area contributed by atoms with Crippen molar-refractivity contribution < 1.29 is 32.2 Å². The number of alkyl halides is 3. The van der Waals surface area contributed by atoms with E-state index in [0.29, 0.717) is 30.3 Å². The van der Waals surface area contributed by atoms with Gasteiger partial charge in [-0.1, -0.05) is 0 Å². The van der Waals surface area contributed by atoms with Gasteiger partial charge in [0.1, 0.15) is 23.9 Å². The number of amides is 1. The zero-order valence-electron chi connectivity index (χ0n) is 14.8. The molecule has 0 fully saturated rings. The number of ether oxygens (including phenoxy) is 1. The molecule has 0 saturated carbocycles. The Balaban J connectivity index is 1.80. The Kier molecular flexibility index (Phi) is 4.81. The molecule has 0 bridgehead atoms. The third-order valence-electron chi connectivity index (χ3n) is 4.37. The van der Waals surface area contributed by atoms with Crippen molar-refractivity contribution in [3.8, 4) is 5.75 Å². The minimum absolute atomic E-state index is 0.200. The van der Waals surface area contributed by atoms with Crippen LogP contribution in [0.25, 0.3) is 0 Å². The highest BCUT2D eigenvalue weighted by Crippen LogP contribution is 2.42. The number of nitrogens with one attached hydrogen (secondary N) is 1. The van der Waals surface area contributed by atoms with Crippen molar-refractivity contribution in [3.05, 3.63) is 41.9 Å². The van der Waals surface area contributed by atoms with Crippen LogP contribution in [0.4, 0.5) is 24.5 Å². The first kappa shape index (κ1) is 19.1. The first-order valence-corrected chi connectivity index (χ1v) is 8.24. The van der Waals surface area contributed by atoms with Gasteiger partial charge in [0.25, 0.3) is 0 Å². The SMILES string of the molecule is Cc1ccc(C(O)(CC(=O)Nc2ccc3c(c2)N(C)CCO3)C(F)(F)F)o1. The van der Waals surface area contributed by atoms with Gasteiger partial charge in [-0.25, -0.2) is 0 Å². The first-order chi connectivity index (χ1) is 12.6. The molecule has 1 aromatic heterocycles. The average Bonchev–Trinajstić information content (AvgIpc) is 3.01. The fourth-order valence-electron chi connectivity index (χ4n) is 2.85. The van der Waals surface area contributed by atoms with Crippen molar-refractivity contribution in [1.29, 1.82) is 0 Å². The maximum Gasteiger partial charge on any atom is 0.425 e. The van der Waals surface area contributed by atoms with Crippen LogP contribution in [-0.4, -0.2) is 37.4 Å². The number of carbonyl (C=O) groups is 1. The quantitative estimate of drug-likeness (QED) is 0.847. The number of furan rings is 1. The number of rotatable bonds is 4. The molecule has 0 aliphatic carbocycles. The topological polar surface area (TPSA) is 74.9 Å². The fourth-order valence-corrected chi connectivity index (χ4v) is 2.85. The van der Waals surface area contributed by atoms with Gasteiger partial charge >= 0.3 is 6.18 Å². The number of carbonyl (C=O) groups excluding carboxylic acids is 1. The van der Waals surface area contributed by atoms with E-state index in [0.717, 1.165) is 6.07 Å². The molecule has 1 amide bonds. The van der Waals surface area contributed by atoms with Gasteiger partial charge < -0.3 is 24.5 Å². The van der Waals surface area contributed by atoms with Crippen molar-refractivity contribution in [1.82, 2.24) is 0 Å². The highest BCUT2D eigenvalue weighted by Gasteiger charge is 2.58. The van der Waals surface area contributed by atoms with E-state index in [1.807, 2.05) is 11.9 Å². The van der Waals surface area contributed by atoms with Crippen LogP contribution < -0.4 is 15.0 Å². The van der Waals surface area contributed by atoms with Gasteiger partial charge in [-0.2, -0.15) is 13.2 Å². The van der Waals surface area contributed by atoms with Crippen molar-refractivity contribution in [2.75, 3.05) is 30.4 Å². The van der Waals surface area contributed by atoms with E-state index in [1.54, 1.807) is 12.1 Å². The summed E-state index contributed by atoms with van der Waals surface area (Å²) in [5.74, 6) is -0.894. The Bertz CT molecular complexity index is 849. The largest absolute Gasteiger partial charge is 0.490 e. The molecule has 0 radical (unpaired) electrons. The average molecular weight is 384 g/mol. The number of benzene rings is 1. The van der Waals surface area contributed by atoms with Crippen LogP contribution in [0, 0.1) is 6.92 Å². The number of anilines is 2. The second-order valence-electron chi connectivity index (χ2n) is 6.45. The number of nitrogens with zero attached hydrogens (tertiary/aromatic N) is 1. The first-order valence-electron chi connectivity index (χ1n) is 8.24. The molecule has 2 aromatic rings. The molecule has 9 heteroatoms. The highest BCUT2D eigenvalue weighted by molar-refractivity contribution is 5.92. The summed E-state index contributed by atoms with van der Waals surface area (Å²) in [4.78, 5) is 14.2. The summed E-state index contributed by atoms with van der Waals surface area (Å²) in [6.45, 7) is 2.62. The Labute approximate surface area is 153 Å². The zero-order valence-corrected chi connectivity index (χ0v) is 14.8. The minimum Gasteiger partial charge on any atom is -0.490 e. The van der Waals surface area contributed by atoms with Crippen LogP contribution >= 0.6 is 0 Å². The second kappa shape index (κ2) is 6.80. The van der Waals surface area contributed by atoms with Crippen LogP contribution in [0.1, 0.15) is 17.9 Å². The lowest BCUT2D eigenvalue weighted by molar-refractivity contribution is -0.272. The molecule has 1 aliphatic rings. The van der Waals surface area contributed by atoms with Crippen LogP contribution in [0.15, 0.2) is 34.7 Å². The molecule has 2 heterocycles. The Morgan fingerprint density at radius 3 is 2.67 bits per heavy atom. The molecular weight excluding hydrogens is 365 g/mol. The molecule has 1 unspecified atom stereocenters. The third-order valence-corrected chi connectivity index (χ3v) is 4.37. The maximum atomic E-state index is 13.5. The molecule has 1 aromatic carbocycles. The summed E-state index contributed by atoms with van der Waals surface area (Å²) >= 11 is 0. The number of hydrogen-bond donors (Lipinski definition) is 2. The summed E-state index contributed by atoms with van der Waals surface area (Å²) in [5, 5.41) is 12.6. The molecule has 1 atom stereocenters. The molecule has 27 heavy (non-hydrogen) atoms. The van der Waals surface area contributed by atoms with Crippen molar-refractivity contribution >= 4 is 17.3 Å². The smallest absolute Gasteiger partial charge is 0.425 e. The lowest BCUT2D eigenvalue weighted by Gasteiger charge is -2.29. The van der Waals surface area contributed by atoms with Crippen molar-refractivity contribution in [2.45, 2.75) is 25.1 Å². The second-order valence-corrected chi connectivity index (χ2v) is 6.45. The molecule has 0 spiro atoms. The van der Waals surface area contributed by atoms with Crippen molar-refractivity contribution in [2.24, 2.45) is 0 Å². The number of aryl methyl sites for hydroxylation is 1. The van der Waals surface area contributed by atoms with Gasteiger partial charge in [-0.3, -0.25) is 4.79 Å². The normalized spacial score (nSPS) is 16.3. The minimum atomic E-state index is -5.08. The molecule has 2 N–H and O–H groups in total. The Morgan fingerprint density at radius 2 is 2.04 bits per heavy atom. The Morgan fingerprint density at radius 1 is 1.30 bits per heavy atom. The molecule has 6 nitrogen and oxygen atoms in total. The van der Waals surface area contributed by atoms with Crippen LogP contribution in [0.5, 0.6) is 5.75 Å². The molecule has 3 rings (SSSR count). The highest BCUT2D eigenvalue weighted by atomic mass is 19.4. The van der Waals surface area contributed by atoms with E-state index in [4.69, 9.17) is 9.15 Å². The van der Waals surface area contributed by atoms with Crippen LogP contribution in [0.3, 0.4) is 0 Å². The van der Waals surface area contributed by atoms with Gasteiger partial charge in [0.05, 0.1) is 18.7 Å². The summed E-state index contributed by atoms with van der Waals surface area (Å²) in [6, 6.07) is 7.08. The number of hydrogen-bond acceptors (Lipinski definition) is 5. The summed E-state index contributed by atoms with van der Waals surface area (Å²) in [7, 11) is 1.84. The monoisotopic (exact) mass is 384 g/mol. The lowest BCUT2D eigenvalue weighted by Crippen LogP contribution is -2.44. The fraction of sp³-hybridized carbons (Fsp3) is 0.389. The van der Waals surface area contributed by atoms with Gasteiger partial charge in [-0.15, -0.1) is 0 Å². The summed E-state index contributed by atoms with van der Waals surface area (Å²) in [6.07, 6.45) is -6.31. The van der Waals surface area contributed by atoms with Gasteiger partial charge in [0.15, 0.2) is 0 Å². The van der Waals surface area contributed by atoms with E-state index in [2.05, 4.69) is 5.32 Å². The third kappa shape index (κ3) is 3.73. The van der Waals surface area contributed by atoms with E-state index >= 15 is 0 Å². The number of halogens is 3. The van der Waals surface area contributed by atoms with E-state index in [1.165, 1.54) is 19.1 Å². The van der Waals surface area contributed by atoms with Crippen LogP contribution in [-0.2, 0) is 10.4 Å². The molecule has 146 valence electrons.